The number of aromatic nitrogens is 4. The summed E-state index contributed by atoms with van der Waals surface area (Å²) in [5.41, 5.74) is 6.43. The lowest BCUT2D eigenvalue weighted by Gasteiger charge is -2.04. The molecular formula is C29H22N6O4S. The highest BCUT2D eigenvalue weighted by atomic mass is 32.1. The number of methoxy groups -OCH3 is 1. The second-order valence-corrected chi connectivity index (χ2v) is 9.46. The molecule has 1 N–H and O–H groups in total. The van der Waals surface area contributed by atoms with Crippen LogP contribution in [0.3, 0.4) is 0 Å². The first kappa shape index (κ1) is 25.0. The molecule has 6 rings (SSSR count). The van der Waals surface area contributed by atoms with E-state index in [9.17, 15) is 4.79 Å². The van der Waals surface area contributed by atoms with E-state index in [1.54, 1.807) is 35.5 Å². The van der Waals surface area contributed by atoms with Gasteiger partial charge in [0.2, 0.25) is 5.13 Å². The van der Waals surface area contributed by atoms with Gasteiger partial charge in [0.05, 0.1) is 36.5 Å². The van der Waals surface area contributed by atoms with Crippen LogP contribution >= 0.6 is 11.3 Å². The van der Waals surface area contributed by atoms with E-state index in [1.807, 2.05) is 72.9 Å². The number of hydrogen-bond donors (Lipinski definition) is 1. The number of anilines is 1. The van der Waals surface area contributed by atoms with E-state index >= 15 is 0 Å². The summed E-state index contributed by atoms with van der Waals surface area (Å²) in [6.07, 6.45) is 3.50. The molecule has 3 heterocycles. The predicted octanol–water partition coefficient (Wildman–Crippen LogP) is 5.53. The zero-order valence-corrected chi connectivity index (χ0v) is 22.0. The third-order valence-electron chi connectivity index (χ3n) is 5.94. The molecule has 0 fully saturated rings. The fraction of sp³-hybridized carbons (Fsp3) is 0.0690. The number of hydrogen-bond acceptors (Lipinski definition) is 10. The topological polar surface area (TPSA) is 117 Å². The van der Waals surface area contributed by atoms with Crippen molar-refractivity contribution < 1.29 is 13.9 Å². The van der Waals surface area contributed by atoms with Crippen LogP contribution in [0.4, 0.5) is 5.13 Å². The third-order valence-corrected chi connectivity index (χ3v) is 6.69. The molecular weight excluding hydrogens is 528 g/mol. The molecule has 198 valence electrons. The van der Waals surface area contributed by atoms with Gasteiger partial charge in [-0.2, -0.15) is 5.10 Å². The minimum atomic E-state index is -0.428. The van der Waals surface area contributed by atoms with Crippen LogP contribution in [0.5, 0.6) is 11.5 Å². The Balaban J connectivity index is 1.03. The molecule has 0 aliphatic rings. The first-order valence-electron chi connectivity index (χ1n) is 12.2. The smallest absolute Gasteiger partial charge is 0.345 e. The maximum absolute atomic E-state index is 12.4. The Morgan fingerprint density at radius 2 is 1.85 bits per heavy atom. The van der Waals surface area contributed by atoms with Gasteiger partial charge in [0, 0.05) is 10.8 Å². The Morgan fingerprint density at radius 1 is 1.05 bits per heavy atom. The van der Waals surface area contributed by atoms with Gasteiger partial charge in [-0.15, -0.1) is 16.4 Å². The van der Waals surface area contributed by atoms with Gasteiger partial charge in [0.1, 0.15) is 29.4 Å². The zero-order valence-electron chi connectivity index (χ0n) is 21.2. The van der Waals surface area contributed by atoms with Gasteiger partial charge in [0.15, 0.2) is 0 Å². The predicted molar refractivity (Wildman–Crippen MR) is 153 cm³/mol. The number of thiazole rings is 1. The minimum absolute atomic E-state index is 0.285. The number of rotatable bonds is 9. The average Bonchev–Trinajstić information content (AvgIpc) is 3.67. The fourth-order valence-corrected chi connectivity index (χ4v) is 4.54. The van der Waals surface area contributed by atoms with Crippen molar-refractivity contribution in [3.63, 3.8) is 0 Å². The van der Waals surface area contributed by atoms with Crippen LogP contribution in [0.15, 0.2) is 105 Å². The Labute approximate surface area is 232 Å². The monoisotopic (exact) mass is 550 g/mol. The number of para-hydroxylation sites is 1. The average molecular weight is 551 g/mol. The Morgan fingerprint density at radius 3 is 2.67 bits per heavy atom. The van der Waals surface area contributed by atoms with Crippen LogP contribution in [0.2, 0.25) is 0 Å². The van der Waals surface area contributed by atoms with Crippen LogP contribution in [0.1, 0.15) is 11.3 Å². The van der Waals surface area contributed by atoms with Crippen molar-refractivity contribution in [1.82, 2.24) is 20.0 Å². The number of fused-ring (bicyclic) bond motifs is 1. The second kappa shape index (κ2) is 11.2. The summed E-state index contributed by atoms with van der Waals surface area (Å²) in [5.74, 6) is 1.48. The van der Waals surface area contributed by atoms with Crippen molar-refractivity contribution in [2.24, 2.45) is 5.10 Å². The van der Waals surface area contributed by atoms with Crippen LogP contribution in [0.25, 0.3) is 27.9 Å². The van der Waals surface area contributed by atoms with Crippen molar-refractivity contribution in [2.45, 2.75) is 6.61 Å². The summed E-state index contributed by atoms with van der Waals surface area (Å²) in [7, 11) is 1.63. The largest absolute Gasteiger partial charge is 0.497 e. The molecule has 0 saturated heterocycles. The summed E-state index contributed by atoms with van der Waals surface area (Å²) < 4.78 is 18.1. The SMILES string of the molecule is COc1ccc(-n2cc(COc3ccc(/C=N/Nc4nc(-c5cc6ccccc6oc5=O)cs4)cc3)nn2)cc1. The van der Waals surface area contributed by atoms with Crippen molar-refractivity contribution in [1.29, 1.82) is 0 Å². The van der Waals surface area contributed by atoms with Crippen LogP contribution < -0.4 is 20.5 Å². The molecule has 6 aromatic rings. The molecule has 0 aliphatic heterocycles. The molecule has 0 radical (unpaired) electrons. The van der Waals surface area contributed by atoms with E-state index in [4.69, 9.17) is 13.9 Å². The van der Waals surface area contributed by atoms with Crippen molar-refractivity contribution >= 4 is 33.7 Å². The van der Waals surface area contributed by atoms with Crippen molar-refractivity contribution in [2.75, 3.05) is 12.5 Å². The number of hydrazone groups is 1. The van der Waals surface area contributed by atoms with Crippen LogP contribution in [0, 0.1) is 0 Å². The van der Waals surface area contributed by atoms with E-state index in [0.29, 0.717) is 33.4 Å². The highest BCUT2D eigenvalue weighted by Crippen LogP contribution is 2.25. The molecule has 3 aromatic carbocycles. The Bertz CT molecular complexity index is 1840. The van der Waals surface area contributed by atoms with Crippen LogP contribution in [-0.2, 0) is 6.61 Å². The molecule has 3 aromatic heterocycles. The van der Waals surface area contributed by atoms with Crippen molar-refractivity contribution in [3.8, 4) is 28.4 Å². The van der Waals surface area contributed by atoms with Gasteiger partial charge in [0.25, 0.3) is 0 Å². The summed E-state index contributed by atoms with van der Waals surface area (Å²) in [5, 5.41) is 15.8. The molecule has 0 aliphatic carbocycles. The Hall–Kier alpha value is -5.29. The summed E-state index contributed by atoms with van der Waals surface area (Å²) in [4.78, 5) is 16.9. The molecule has 10 nitrogen and oxygen atoms in total. The highest BCUT2D eigenvalue weighted by Gasteiger charge is 2.11. The molecule has 40 heavy (non-hydrogen) atoms. The van der Waals surface area contributed by atoms with E-state index in [2.05, 4.69) is 25.8 Å². The fourth-order valence-electron chi connectivity index (χ4n) is 3.88. The molecule has 0 amide bonds. The maximum Gasteiger partial charge on any atom is 0.345 e. The van der Waals surface area contributed by atoms with E-state index < -0.39 is 5.63 Å². The third kappa shape index (κ3) is 5.59. The number of ether oxygens (including phenoxy) is 2. The maximum atomic E-state index is 12.4. The van der Waals surface area contributed by atoms with E-state index in [-0.39, 0.29) is 6.61 Å². The lowest BCUT2D eigenvalue weighted by Crippen LogP contribution is -2.02. The normalized spacial score (nSPS) is 11.2. The van der Waals surface area contributed by atoms with Crippen molar-refractivity contribution in [3.05, 3.63) is 112 Å². The lowest BCUT2D eigenvalue weighted by molar-refractivity contribution is 0.301. The summed E-state index contributed by atoms with van der Waals surface area (Å²) >= 11 is 1.35. The number of nitrogens with zero attached hydrogens (tertiary/aromatic N) is 5. The van der Waals surface area contributed by atoms with Crippen LogP contribution in [-0.4, -0.2) is 33.3 Å². The first-order chi connectivity index (χ1) is 19.6. The van der Waals surface area contributed by atoms with Gasteiger partial charge in [-0.1, -0.05) is 23.4 Å². The highest BCUT2D eigenvalue weighted by molar-refractivity contribution is 7.14. The quantitative estimate of drug-likeness (QED) is 0.142. The first-order valence-corrected chi connectivity index (χ1v) is 13.1. The van der Waals surface area contributed by atoms with Gasteiger partial charge in [-0.3, -0.25) is 5.43 Å². The van der Waals surface area contributed by atoms with E-state index in [0.717, 1.165) is 22.4 Å². The van der Waals surface area contributed by atoms with E-state index in [1.165, 1.54) is 11.3 Å². The number of nitrogens with one attached hydrogen (secondary N) is 1. The summed E-state index contributed by atoms with van der Waals surface area (Å²) in [6, 6.07) is 24.2. The van der Waals surface area contributed by atoms with Gasteiger partial charge in [-0.25, -0.2) is 14.5 Å². The van der Waals surface area contributed by atoms with Gasteiger partial charge >= 0.3 is 5.63 Å². The molecule has 0 bridgehead atoms. The molecule has 11 heteroatoms. The molecule has 0 spiro atoms. The lowest BCUT2D eigenvalue weighted by atomic mass is 10.1. The number of benzene rings is 3. The minimum Gasteiger partial charge on any atom is -0.497 e. The van der Waals surface area contributed by atoms with Gasteiger partial charge in [-0.05, 0) is 66.2 Å². The molecule has 0 atom stereocenters. The summed E-state index contributed by atoms with van der Waals surface area (Å²) in [6.45, 7) is 0.285. The zero-order chi connectivity index (χ0) is 27.3. The Kier molecular flexibility index (Phi) is 7.01. The van der Waals surface area contributed by atoms with Gasteiger partial charge < -0.3 is 13.9 Å². The standard InChI is InChI=1S/C29H22N6O4S/c1-37-23-12-8-22(9-13-23)35-16-21(32-34-35)17-38-24-10-6-19(7-11-24)15-30-33-29-31-26(18-40-29)25-14-20-4-2-3-5-27(20)39-28(25)36/h2-16,18H,17H2,1H3,(H,31,33)/b30-15+. The molecule has 0 saturated carbocycles. The molecule has 0 unspecified atom stereocenters. The second-order valence-electron chi connectivity index (χ2n) is 8.60.